The molecule has 0 aliphatic rings. The summed E-state index contributed by atoms with van der Waals surface area (Å²) in [5, 5.41) is 3.14. The Kier molecular flexibility index (Phi) is 7.17. The summed E-state index contributed by atoms with van der Waals surface area (Å²) >= 11 is 5.84. The molecular weight excluding hydrogens is 402 g/mol. The fourth-order valence-electron chi connectivity index (χ4n) is 2.35. The third kappa shape index (κ3) is 5.54. The minimum absolute atomic E-state index is 0.0105. The molecule has 2 aromatic carbocycles. The zero-order chi connectivity index (χ0) is 20.9. The molecule has 0 aliphatic carbocycles. The summed E-state index contributed by atoms with van der Waals surface area (Å²) in [6.45, 7) is 0.177. The van der Waals surface area contributed by atoms with Crippen LogP contribution in [-0.2, 0) is 21.4 Å². The topological polar surface area (TPSA) is 86.8 Å². The average Bonchev–Trinajstić information content (AvgIpc) is 2.67. The monoisotopic (exact) mass is 423 g/mol. The highest BCUT2D eigenvalue weighted by atomic mass is 35.5. The molecule has 0 unspecified atom stereocenters. The molecular formula is C19H22ClN3O4S. The molecule has 0 heterocycles. The van der Waals surface area contributed by atoms with Crippen LogP contribution in [0.5, 0.6) is 0 Å². The number of sulfonamides is 1. The van der Waals surface area contributed by atoms with E-state index < -0.39 is 15.9 Å². The van der Waals surface area contributed by atoms with Crippen molar-refractivity contribution in [2.45, 2.75) is 11.4 Å². The second kappa shape index (κ2) is 9.18. The van der Waals surface area contributed by atoms with E-state index in [1.165, 1.54) is 43.3 Å². The summed E-state index contributed by atoms with van der Waals surface area (Å²) in [5.41, 5.74) is 1.07. The largest absolute Gasteiger partial charge is 0.343 e. The van der Waals surface area contributed by atoms with Crippen molar-refractivity contribution < 1.29 is 18.0 Å². The standard InChI is InChI=1S/C19H22ClN3O4S/c1-22(2)28(26,27)17-6-4-5-15(11-17)19(25)21-12-18(24)23(3)13-14-7-9-16(20)10-8-14/h4-11H,12-13H2,1-3H3,(H,21,25). The molecule has 2 amide bonds. The number of halogens is 1. The molecule has 1 N–H and O–H groups in total. The van der Waals surface area contributed by atoms with Crippen molar-refractivity contribution in [3.63, 3.8) is 0 Å². The Morgan fingerprint density at radius 2 is 1.68 bits per heavy atom. The number of nitrogens with zero attached hydrogens (tertiary/aromatic N) is 2. The number of rotatable bonds is 7. The van der Waals surface area contributed by atoms with Gasteiger partial charge in [0.1, 0.15) is 0 Å². The molecule has 28 heavy (non-hydrogen) atoms. The van der Waals surface area contributed by atoms with E-state index in [0.717, 1.165) is 9.87 Å². The molecule has 0 spiro atoms. The van der Waals surface area contributed by atoms with Gasteiger partial charge in [0.2, 0.25) is 15.9 Å². The zero-order valence-corrected chi connectivity index (χ0v) is 17.4. The Bertz CT molecular complexity index is 959. The number of benzene rings is 2. The lowest BCUT2D eigenvalue weighted by molar-refractivity contribution is -0.129. The molecule has 0 bridgehead atoms. The Labute approximate surface area is 169 Å². The highest BCUT2D eigenvalue weighted by Crippen LogP contribution is 2.15. The maximum Gasteiger partial charge on any atom is 0.251 e. The van der Waals surface area contributed by atoms with Gasteiger partial charge in [-0.2, -0.15) is 0 Å². The second-order valence-electron chi connectivity index (χ2n) is 6.37. The molecule has 0 atom stereocenters. The number of hydrogen-bond donors (Lipinski definition) is 1. The fourth-order valence-corrected chi connectivity index (χ4v) is 3.43. The molecule has 0 aromatic heterocycles. The molecule has 0 radical (unpaired) electrons. The number of amides is 2. The number of likely N-dealkylation sites (N-methyl/N-ethyl adjacent to an activating group) is 1. The lowest BCUT2D eigenvalue weighted by Crippen LogP contribution is -2.37. The third-order valence-electron chi connectivity index (χ3n) is 4.03. The minimum atomic E-state index is -3.65. The summed E-state index contributed by atoms with van der Waals surface area (Å²) in [6, 6.07) is 12.8. The molecule has 2 rings (SSSR count). The van der Waals surface area contributed by atoms with Crippen LogP contribution in [0.2, 0.25) is 5.02 Å². The molecule has 0 saturated carbocycles. The van der Waals surface area contributed by atoms with E-state index in [0.29, 0.717) is 11.6 Å². The van der Waals surface area contributed by atoms with Crippen LogP contribution >= 0.6 is 11.6 Å². The molecule has 0 aliphatic heterocycles. The van der Waals surface area contributed by atoms with Gasteiger partial charge in [-0.15, -0.1) is 0 Å². The normalized spacial score (nSPS) is 11.3. The summed E-state index contributed by atoms with van der Waals surface area (Å²) in [5.74, 6) is -0.801. The van der Waals surface area contributed by atoms with Crippen LogP contribution < -0.4 is 5.32 Å². The van der Waals surface area contributed by atoms with Gasteiger partial charge in [0, 0.05) is 38.3 Å². The lowest BCUT2D eigenvalue weighted by atomic mass is 10.2. The van der Waals surface area contributed by atoms with Gasteiger partial charge in [-0.1, -0.05) is 29.8 Å². The van der Waals surface area contributed by atoms with E-state index >= 15 is 0 Å². The maximum atomic E-state index is 12.3. The SMILES string of the molecule is CN(Cc1ccc(Cl)cc1)C(=O)CNC(=O)c1cccc(S(=O)(=O)N(C)C)c1. The van der Waals surface area contributed by atoms with Crippen molar-refractivity contribution >= 4 is 33.4 Å². The van der Waals surface area contributed by atoms with Crippen molar-refractivity contribution in [1.29, 1.82) is 0 Å². The van der Waals surface area contributed by atoms with Crippen LogP contribution in [0.4, 0.5) is 0 Å². The zero-order valence-electron chi connectivity index (χ0n) is 15.8. The molecule has 0 fully saturated rings. The van der Waals surface area contributed by atoms with Gasteiger partial charge in [0.05, 0.1) is 11.4 Å². The summed E-state index contributed by atoms with van der Waals surface area (Å²) in [6.07, 6.45) is 0. The maximum absolute atomic E-state index is 12.3. The summed E-state index contributed by atoms with van der Waals surface area (Å²) < 4.78 is 25.4. The van der Waals surface area contributed by atoms with E-state index in [1.807, 2.05) is 12.1 Å². The molecule has 7 nitrogen and oxygen atoms in total. The molecule has 2 aromatic rings. The van der Waals surface area contributed by atoms with Crippen molar-refractivity contribution in [2.24, 2.45) is 0 Å². The van der Waals surface area contributed by atoms with Gasteiger partial charge < -0.3 is 10.2 Å². The Hall–Kier alpha value is -2.42. The van der Waals surface area contributed by atoms with Gasteiger partial charge >= 0.3 is 0 Å². The Morgan fingerprint density at radius 3 is 2.29 bits per heavy atom. The first kappa shape index (κ1) is 21.9. The second-order valence-corrected chi connectivity index (χ2v) is 8.96. The van der Waals surface area contributed by atoms with E-state index in [9.17, 15) is 18.0 Å². The first-order valence-electron chi connectivity index (χ1n) is 8.40. The van der Waals surface area contributed by atoms with Gasteiger partial charge in [0.15, 0.2) is 0 Å². The van der Waals surface area contributed by atoms with Gasteiger partial charge in [-0.25, -0.2) is 12.7 Å². The first-order valence-corrected chi connectivity index (χ1v) is 10.2. The quantitative estimate of drug-likeness (QED) is 0.737. The Balaban J connectivity index is 1.98. The smallest absolute Gasteiger partial charge is 0.251 e. The van der Waals surface area contributed by atoms with Crippen LogP contribution in [0.15, 0.2) is 53.4 Å². The van der Waals surface area contributed by atoms with Crippen LogP contribution in [0.25, 0.3) is 0 Å². The predicted molar refractivity (Wildman–Crippen MR) is 108 cm³/mol. The minimum Gasteiger partial charge on any atom is -0.343 e. The number of carbonyl (C=O) groups excluding carboxylic acids is 2. The summed E-state index contributed by atoms with van der Waals surface area (Å²) in [7, 11) is 0.814. The third-order valence-corrected chi connectivity index (χ3v) is 6.10. The number of carbonyl (C=O) groups is 2. The van der Waals surface area contributed by atoms with E-state index in [-0.39, 0.29) is 22.9 Å². The summed E-state index contributed by atoms with van der Waals surface area (Å²) in [4.78, 5) is 26.1. The van der Waals surface area contributed by atoms with Gasteiger partial charge in [-0.05, 0) is 35.9 Å². The van der Waals surface area contributed by atoms with E-state index in [4.69, 9.17) is 11.6 Å². The Morgan fingerprint density at radius 1 is 1.04 bits per heavy atom. The molecule has 0 saturated heterocycles. The van der Waals surface area contributed by atoms with Crippen LogP contribution in [-0.4, -0.2) is 57.1 Å². The van der Waals surface area contributed by atoms with Crippen molar-refractivity contribution in [3.05, 3.63) is 64.7 Å². The van der Waals surface area contributed by atoms with Crippen LogP contribution in [0.1, 0.15) is 15.9 Å². The predicted octanol–water partition coefficient (Wildman–Crippen LogP) is 1.98. The number of hydrogen-bond acceptors (Lipinski definition) is 4. The van der Waals surface area contributed by atoms with E-state index in [1.54, 1.807) is 19.2 Å². The van der Waals surface area contributed by atoms with Gasteiger partial charge in [-0.3, -0.25) is 9.59 Å². The van der Waals surface area contributed by atoms with E-state index in [2.05, 4.69) is 5.32 Å². The molecule has 150 valence electrons. The average molecular weight is 424 g/mol. The highest BCUT2D eigenvalue weighted by Gasteiger charge is 2.19. The fraction of sp³-hybridized carbons (Fsp3) is 0.263. The van der Waals surface area contributed by atoms with Crippen molar-refractivity contribution in [1.82, 2.24) is 14.5 Å². The van der Waals surface area contributed by atoms with Crippen molar-refractivity contribution in [2.75, 3.05) is 27.7 Å². The van der Waals surface area contributed by atoms with Crippen molar-refractivity contribution in [3.8, 4) is 0 Å². The van der Waals surface area contributed by atoms with Gasteiger partial charge in [0.25, 0.3) is 5.91 Å². The lowest BCUT2D eigenvalue weighted by Gasteiger charge is -2.18. The highest BCUT2D eigenvalue weighted by molar-refractivity contribution is 7.89. The number of nitrogens with one attached hydrogen (secondary N) is 1. The van der Waals surface area contributed by atoms with Crippen LogP contribution in [0, 0.1) is 0 Å². The molecule has 9 heteroatoms. The van der Waals surface area contributed by atoms with Crippen LogP contribution in [0.3, 0.4) is 0 Å². The first-order chi connectivity index (χ1) is 13.1.